The van der Waals surface area contributed by atoms with Crippen LogP contribution in [0, 0.1) is 0 Å². The van der Waals surface area contributed by atoms with Crippen molar-refractivity contribution in [2.24, 2.45) is 0 Å². The minimum atomic E-state index is -3.64. The van der Waals surface area contributed by atoms with Crippen molar-refractivity contribution in [2.45, 2.75) is 19.6 Å². The first-order valence-corrected chi connectivity index (χ1v) is 9.34. The molecule has 2 aromatic rings. The summed E-state index contributed by atoms with van der Waals surface area (Å²) >= 11 is 0. The molecule has 0 bridgehead atoms. The van der Waals surface area contributed by atoms with Gasteiger partial charge in [-0.3, -0.25) is 14.2 Å². The van der Waals surface area contributed by atoms with Crippen LogP contribution in [0.3, 0.4) is 0 Å². The number of carbonyl (C=O) groups excluding carboxylic acids is 2. The van der Waals surface area contributed by atoms with Crippen LogP contribution < -0.4 is 10.6 Å². The summed E-state index contributed by atoms with van der Waals surface area (Å²) in [5, 5.41) is 2.92. The number of rotatable bonds is 7. The second kappa shape index (κ2) is 8.04. The van der Waals surface area contributed by atoms with E-state index in [1.54, 1.807) is 67.6 Å². The zero-order valence-electron chi connectivity index (χ0n) is 13.6. The van der Waals surface area contributed by atoms with Gasteiger partial charge in [-0.15, -0.1) is 0 Å². The Bertz CT molecular complexity index is 746. The number of hydrogen-bond donors (Lipinski definition) is 1. The molecule has 24 heavy (non-hydrogen) atoms. The molecule has 1 N–H and O–H groups in total. The third-order valence-electron chi connectivity index (χ3n) is 3.42. The molecule has 0 unspecified atom stereocenters. The lowest BCUT2D eigenvalue weighted by Crippen LogP contribution is -2.42. The number of amides is 1. The summed E-state index contributed by atoms with van der Waals surface area (Å²) in [4.78, 5) is 24.5. The van der Waals surface area contributed by atoms with Gasteiger partial charge in [0.25, 0.3) is 7.37 Å². The number of carbonyl (C=O) groups is 2. The van der Waals surface area contributed by atoms with Crippen molar-refractivity contribution in [1.82, 2.24) is 5.32 Å². The highest BCUT2D eigenvalue weighted by atomic mass is 31.2. The van der Waals surface area contributed by atoms with Gasteiger partial charge in [0.05, 0.1) is 6.61 Å². The van der Waals surface area contributed by atoms with E-state index in [1.807, 2.05) is 0 Å². The molecule has 2 rings (SSSR count). The summed E-state index contributed by atoms with van der Waals surface area (Å²) in [7, 11) is -3.64. The second-order valence-corrected chi connectivity index (χ2v) is 7.67. The van der Waals surface area contributed by atoms with E-state index in [9.17, 15) is 14.2 Å². The van der Waals surface area contributed by atoms with Gasteiger partial charge in [-0.25, -0.2) is 0 Å². The number of ketones is 1. The van der Waals surface area contributed by atoms with Crippen molar-refractivity contribution >= 4 is 24.4 Å². The van der Waals surface area contributed by atoms with Gasteiger partial charge < -0.3 is 9.84 Å². The summed E-state index contributed by atoms with van der Waals surface area (Å²) in [6.45, 7) is 3.14. The molecular weight excluding hydrogens is 325 g/mol. The van der Waals surface area contributed by atoms with Crippen molar-refractivity contribution in [3.8, 4) is 0 Å². The molecule has 5 nitrogen and oxygen atoms in total. The van der Waals surface area contributed by atoms with Crippen LogP contribution in [0.25, 0.3) is 0 Å². The van der Waals surface area contributed by atoms with Gasteiger partial charge in [-0.2, -0.15) is 0 Å². The molecule has 2 atom stereocenters. The molecule has 0 aliphatic rings. The molecular formula is C18H20NO4P. The predicted octanol–water partition coefficient (Wildman–Crippen LogP) is 2.97. The highest BCUT2D eigenvalue weighted by Gasteiger charge is 2.42. The molecule has 0 spiro atoms. The fourth-order valence-electron chi connectivity index (χ4n) is 2.38. The standard InChI is InChI=1S/C18H20NO4P/c1-3-23-24(22,16-12-8-5-9-13-16)18(19-14(2)20)17(21)15-10-6-4-7-11-15/h4-13,18H,3H2,1-2H3,(H,19,20)/t18-,24+/m0/s1. The van der Waals surface area contributed by atoms with Crippen LogP contribution in [-0.2, 0) is 13.9 Å². The average molecular weight is 345 g/mol. The van der Waals surface area contributed by atoms with Gasteiger partial charge >= 0.3 is 0 Å². The molecule has 0 saturated carbocycles. The molecule has 0 aliphatic carbocycles. The fraction of sp³-hybridized carbons (Fsp3) is 0.222. The first-order valence-electron chi connectivity index (χ1n) is 7.65. The van der Waals surface area contributed by atoms with E-state index >= 15 is 0 Å². The normalized spacial score (nSPS) is 14.4. The van der Waals surface area contributed by atoms with E-state index in [-0.39, 0.29) is 6.61 Å². The number of benzene rings is 2. The van der Waals surface area contributed by atoms with Gasteiger partial charge in [0.2, 0.25) is 5.91 Å². The van der Waals surface area contributed by atoms with Gasteiger partial charge in [-0.05, 0) is 19.1 Å². The lowest BCUT2D eigenvalue weighted by atomic mass is 10.1. The highest BCUT2D eigenvalue weighted by Crippen LogP contribution is 2.50. The van der Waals surface area contributed by atoms with Crippen LogP contribution in [0.4, 0.5) is 0 Å². The Morgan fingerprint density at radius 1 is 1.04 bits per heavy atom. The Morgan fingerprint density at radius 3 is 2.08 bits per heavy atom. The van der Waals surface area contributed by atoms with E-state index in [4.69, 9.17) is 4.52 Å². The lowest BCUT2D eigenvalue weighted by Gasteiger charge is -2.27. The Kier molecular flexibility index (Phi) is 6.07. The van der Waals surface area contributed by atoms with Crippen molar-refractivity contribution in [2.75, 3.05) is 6.61 Å². The fourth-order valence-corrected chi connectivity index (χ4v) is 4.76. The van der Waals surface area contributed by atoms with E-state index in [2.05, 4.69) is 5.32 Å². The van der Waals surface area contributed by atoms with Gasteiger partial charge in [-0.1, -0.05) is 48.5 Å². The zero-order valence-corrected chi connectivity index (χ0v) is 14.5. The Labute approximate surface area is 141 Å². The first-order chi connectivity index (χ1) is 11.5. The van der Waals surface area contributed by atoms with Gasteiger partial charge in [0.1, 0.15) is 0 Å². The first kappa shape index (κ1) is 18.1. The largest absolute Gasteiger partial charge is 0.338 e. The van der Waals surface area contributed by atoms with E-state index < -0.39 is 24.8 Å². The molecule has 0 aromatic heterocycles. The minimum absolute atomic E-state index is 0.157. The monoisotopic (exact) mass is 345 g/mol. The molecule has 6 heteroatoms. The molecule has 0 aliphatic heterocycles. The molecule has 1 amide bonds. The number of nitrogens with one attached hydrogen (secondary N) is 1. The predicted molar refractivity (Wildman–Crippen MR) is 93.7 cm³/mol. The van der Waals surface area contributed by atoms with Crippen LogP contribution >= 0.6 is 7.37 Å². The molecule has 0 radical (unpaired) electrons. The Morgan fingerprint density at radius 2 is 1.58 bits per heavy atom. The van der Waals surface area contributed by atoms with E-state index in [0.717, 1.165) is 0 Å². The smallest absolute Gasteiger partial charge is 0.261 e. The van der Waals surface area contributed by atoms with E-state index in [1.165, 1.54) is 6.92 Å². The molecule has 2 aromatic carbocycles. The summed E-state index contributed by atoms with van der Waals surface area (Å²) in [5.41, 5.74) is 0.368. The lowest BCUT2D eigenvalue weighted by molar-refractivity contribution is -0.119. The SMILES string of the molecule is CCO[P@](=O)(c1ccccc1)[C@H](NC(C)=O)C(=O)c1ccccc1. The van der Waals surface area contributed by atoms with Crippen LogP contribution in [0.15, 0.2) is 60.7 Å². The third-order valence-corrected chi connectivity index (χ3v) is 6.13. The summed E-state index contributed by atoms with van der Waals surface area (Å²) in [6.07, 6.45) is 0. The summed E-state index contributed by atoms with van der Waals surface area (Å²) in [5.74, 6) is -2.15. The Balaban J connectivity index is 2.53. The maximum Gasteiger partial charge on any atom is 0.261 e. The second-order valence-electron chi connectivity index (χ2n) is 5.18. The molecule has 126 valence electrons. The maximum atomic E-state index is 13.6. The minimum Gasteiger partial charge on any atom is -0.338 e. The maximum absolute atomic E-state index is 13.6. The highest BCUT2D eigenvalue weighted by molar-refractivity contribution is 7.68. The van der Waals surface area contributed by atoms with Crippen molar-refractivity contribution in [3.05, 3.63) is 66.2 Å². The summed E-state index contributed by atoms with van der Waals surface area (Å²) in [6, 6.07) is 17.0. The topological polar surface area (TPSA) is 72.5 Å². The zero-order chi connectivity index (χ0) is 17.6. The average Bonchev–Trinajstić information content (AvgIpc) is 2.60. The molecule has 0 fully saturated rings. The Hall–Kier alpha value is -2.23. The van der Waals surface area contributed by atoms with Crippen LogP contribution in [0.1, 0.15) is 24.2 Å². The quantitative estimate of drug-likeness (QED) is 0.618. The van der Waals surface area contributed by atoms with Crippen molar-refractivity contribution in [1.29, 1.82) is 0 Å². The number of hydrogen-bond acceptors (Lipinski definition) is 4. The van der Waals surface area contributed by atoms with Gasteiger partial charge in [0.15, 0.2) is 11.6 Å². The van der Waals surface area contributed by atoms with E-state index in [0.29, 0.717) is 10.9 Å². The van der Waals surface area contributed by atoms with Crippen molar-refractivity contribution < 1.29 is 18.7 Å². The van der Waals surface area contributed by atoms with Crippen molar-refractivity contribution in [3.63, 3.8) is 0 Å². The summed E-state index contributed by atoms with van der Waals surface area (Å²) < 4.78 is 19.1. The van der Waals surface area contributed by atoms with Crippen LogP contribution in [0.2, 0.25) is 0 Å². The third kappa shape index (κ3) is 3.99. The van der Waals surface area contributed by atoms with Crippen LogP contribution in [-0.4, -0.2) is 24.1 Å². The van der Waals surface area contributed by atoms with Gasteiger partial charge in [0, 0.05) is 17.8 Å². The molecule has 0 heterocycles. The number of Topliss-reactive ketones (excluding diaryl/α,β-unsaturated/α-hetero) is 1. The van der Waals surface area contributed by atoms with Crippen LogP contribution in [0.5, 0.6) is 0 Å². The molecule has 0 saturated heterocycles.